The Bertz CT molecular complexity index is 690. The number of amides is 2. The number of fused-ring (bicyclic) bond motifs is 1. The van der Waals surface area contributed by atoms with Gasteiger partial charge in [0.2, 0.25) is 11.8 Å². The van der Waals surface area contributed by atoms with E-state index in [1.54, 1.807) is 4.90 Å². The largest absolute Gasteiger partial charge is 0.486 e. The molecule has 2 atom stereocenters. The van der Waals surface area contributed by atoms with Gasteiger partial charge in [-0.15, -0.1) is 0 Å². The topological polar surface area (TPSA) is 59.1 Å². The van der Waals surface area contributed by atoms with Crippen molar-refractivity contribution in [2.75, 3.05) is 32.8 Å². The molecule has 3 aliphatic rings. The predicted molar refractivity (Wildman–Crippen MR) is 91.5 cm³/mol. The molecule has 0 bridgehead atoms. The molecule has 3 aliphatic heterocycles. The summed E-state index contributed by atoms with van der Waals surface area (Å²) in [4.78, 5) is 28.8. The van der Waals surface area contributed by atoms with Crippen molar-refractivity contribution < 1.29 is 19.1 Å². The fourth-order valence-electron chi connectivity index (χ4n) is 4.19. The summed E-state index contributed by atoms with van der Waals surface area (Å²) in [7, 11) is 0. The molecule has 0 spiro atoms. The van der Waals surface area contributed by atoms with Crippen LogP contribution in [0.25, 0.3) is 0 Å². The highest BCUT2D eigenvalue weighted by molar-refractivity contribution is 5.89. The molecule has 0 aliphatic carbocycles. The number of hydrogen-bond acceptors (Lipinski definition) is 4. The maximum absolute atomic E-state index is 13.1. The van der Waals surface area contributed by atoms with Gasteiger partial charge in [-0.1, -0.05) is 12.1 Å². The maximum atomic E-state index is 13.1. The van der Waals surface area contributed by atoms with Crippen LogP contribution in [0.4, 0.5) is 0 Å². The van der Waals surface area contributed by atoms with Gasteiger partial charge in [0.25, 0.3) is 0 Å². The summed E-state index contributed by atoms with van der Waals surface area (Å²) in [6, 6.07) is 5.91. The third kappa shape index (κ3) is 2.83. The lowest BCUT2D eigenvalue weighted by molar-refractivity contribution is -0.136. The molecule has 2 amide bonds. The van der Waals surface area contributed by atoms with Crippen molar-refractivity contribution in [3.8, 4) is 11.5 Å². The second kappa shape index (κ2) is 6.58. The normalized spacial score (nSPS) is 25.6. The Kier molecular flexibility index (Phi) is 4.27. The highest BCUT2D eigenvalue weighted by atomic mass is 16.6. The summed E-state index contributed by atoms with van der Waals surface area (Å²) in [5.74, 6) is 1.50. The summed E-state index contributed by atoms with van der Waals surface area (Å²) in [6.07, 6.45) is 2.23. The highest BCUT2D eigenvalue weighted by Gasteiger charge is 2.40. The minimum Gasteiger partial charge on any atom is -0.486 e. The van der Waals surface area contributed by atoms with E-state index in [0.717, 1.165) is 36.4 Å². The quantitative estimate of drug-likeness (QED) is 0.841. The number of nitrogens with zero attached hydrogens (tertiary/aromatic N) is 2. The summed E-state index contributed by atoms with van der Waals surface area (Å²) in [5.41, 5.74) is 1.03. The zero-order valence-electron chi connectivity index (χ0n) is 14.6. The number of hydrogen-bond donors (Lipinski definition) is 0. The van der Waals surface area contributed by atoms with Crippen LogP contribution in [0.1, 0.15) is 37.8 Å². The molecule has 6 heteroatoms. The maximum Gasteiger partial charge on any atom is 0.228 e. The van der Waals surface area contributed by atoms with E-state index in [1.807, 2.05) is 30.0 Å². The van der Waals surface area contributed by atoms with E-state index in [4.69, 9.17) is 9.47 Å². The van der Waals surface area contributed by atoms with Crippen LogP contribution in [-0.4, -0.2) is 54.5 Å². The van der Waals surface area contributed by atoms with Gasteiger partial charge in [-0.05, 0) is 25.8 Å². The van der Waals surface area contributed by atoms with Gasteiger partial charge < -0.3 is 19.3 Å². The molecule has 0 aromatic heterocycles. The molecule has 134 valence electrons. The average Bonchev–Trinajstić information content (AvgIpc) is 3.27. The number of carbonyl (C=O) groups is 2. The van der Waals surface area contributed by atoms with Crippen LogP contribution in [0.5, 0.6) is 11.5 Å². The highest BCUT2D eigenvalue weighted by Crippen LogP contribution is 2.43. The molecular formula is C19H24N2O4. The van der Waals surface area contributed by atoms with Crippen molar-refractivity contribution in [1.29, 1.82) is 0 Å². The zero-order valence-corrected chi connectivity index (χ0v) is 14.6. The van der Waals surface area contributed by atoms with Crippen molar-refractivity contribution in [3.63, 3.8) is 0 Å². The Hall–Kier alpha value is -2.24. The number of likely N-dealkylation sites (tertiary alicyclic amines) is 2. The Labute approximate surface area is 147 Å². The SMILES string of the molecule is CCN1C[C@@H](C(=O)N2CCC[C@H]2c2cccc3c2OCCO3)CC1=O. The molecule has 0 radical (unpaired) electrons. The second-order valence-electron chi connectivity index (χ2n) is 6.89. The van der Waals surface area contributed by atoms with E-state index in [1.165, 1.54) is 0 Å². The van der Waals surface area contributed by atoms with Gasteiger partial charge in [-0.25, -0.2) is 0 Å². The molecule has 0 N–H and O–H groups in total. The van der Waals surface area contributed by atoms with Crippen molar-refractivity contribution in [1.82, 2.24) is 9.80 Å². The zero-order chi connectivity index (χ0) is 17.4. The summed E-state index contributed by atoms with van der Waals surface area (Å²) in [6.45, 7) is 5.00. The third-order valence-corrected chi connectivity index (χ3v) is 5.44. The summed E-state index contributed by atoms with van der Waals surface area (Å²) < 4.78 is 11.5. The molecule has 4 rings (SSSR count). The molecule has 1 aromatic rings. The number of carbonyl (C=O) groups excluding carboxylic acids is 2. The first kappa shape index (κ1) is 16.2. The summed E-state index contributed by atoms with van der Waals surface area (Å²) >= 11 is 0. The van der Waals surface area contributed by atoms with E-state index >= 15 is 0 Å². The lowest BCUT2D eigenvalue weighted by atomic mass is 10.0. The first-order chi connectivity index (χ1) is 12.2. The number of para-hydroxylation sites is 1. The van der Waals surface area contributed by atoms with Crippen LogP contribution in [0, 0.1) is 5.92 Å². The van der Waals surface area contributed by atoms with Gasteiger partial charge in [0.1, 0.15) is 13.2 Å². The molecule has 0 saturated carbocycles. The summed E-state index contributed by atoms with van der Waals surface area (Å²) in [5, 5.41) is 0. The van der Waals surface area contributed by atoms with Crippen LogP contribution < -0.4 is 9.47 Å². The van der Waals surface area contributed by atoms with Crippen molar-refractivity contribution >= 4 is 11.8 Å². The number of rotatable bonds is 3. The van der Waals surface area contributed by atoms with E-state index < -0.39 is 0 Å². The van der Waals surface area contributed by atoms with Gasteiger partial charge in [0.15, 0.2) is 11.5 Å². The van der Waals surface area contributed by atoms with Crippen LogP contribution >= 0.6 is 0 Å². The fourth-order valence-corrected chi connectivity index (χ4v) is 4.19. The fraction of sp³-hybridized carbons (Fsp3) is 0.579. The van der Waals surface area contributed by atoms with Crippen molar-refractivity contribution in [2.24, 2.45) is 5.92 Å². The van der Waals surface area contributed by atoms with Gasteiger partial charge in [-0.2, -0.15) is 0 Å². The van der Waals surface area contributed by atoms with E-state index in [-0.39, 0.29) is 23.8 Å². The molecule has 0 unspecified atom stereocenters. The minimum atomic E-state index is -0.218. The van der Waals surface area contributed by atoms with E-state index in [0.29, 0.717) is 32.7 Å². The standard InChI is InChI=1S/C19H24N2O4/c1-2-20-12-13(11-17(20)22)19(23)21-8-4-6-15(21)14-5-3-7-16-18(14)25-10-9-24-16/h3,5,7,13,15H,2,4,6,8-12H2,1H3/t13-,15-/m0/s1. The Morgan fingerprint density at radius 3 is 2.92 bits per heavy atom. The molecular weight excluding hydrogens is 320 g/mol. The van der Waals surface area contributed by atoms with E-state index in [2.05, 4.69) is 0 Å². The molecule has 2 fully saturated rings. The van der Waals surface area contributed by atoms with Crippen molar-refractivity contribution in [3.05, 3.63) is 23.8 Å². The van der Waals surface area contributed by atoms with E-state index in [9.17, 15) is 9.59 Å². The Morgan fingerprint density at radius 2 is 2.12 bits per heavy atom. The van der Waals surface area contributed by atoms with Gasteiger partial charge in [-0.3, -0.25) is 9.59 Å². The van der Waals surface area contributed by atoms with Crippen LogP contribution in [-0.2, 0) is 9.59 Å². The average molecular weight is 344 g/mol. The number of ether oxygens (including phenoxy) is 2. The Morgan fingerprint density at radius 1 is 1.28 bits per heavy atom. The molecule has 6 nitrogen and oxygen atoms in total. The monoisotopic (exact) mass is 344 g/mol. The molecule has 1 aromatic carbocycles. The van der Waals surface area contributed by atoms with Gasteiger partial charge >= 0.3 is 0 Å². The first-order valence-electron chi connectivity index (χ1n) is 9.15. The first-order valence-corrected chi connectivity index (χ1v) is 9.15. The van der Waals surface area contributed by atoms with Crippen LogP contribution in [0.15, 0.2) is 18.2 Å². The van der Waals surface area contributed by atoms with Crippen LogP contribution in [0.3, 0.4) is 0 Å². The van der Waals surface area contributed by atoms with Crippen molar-refractivity contribution in [2.45, 2.75) is 32.2 Å². The minimum absolute atomic E-state index is 0.00919. The second-order valence-corrected chi connectivity index (χ2v) is 6.89. The van der Waals surface area contributed by atoms with Gasteiger partial charge in [0, 0.05) is 31.6 Å². The van der Waals surface area contributed by atoms with Crippen LogP contribution in [0.2, 0.25) is 0 Å². The lowest BCUT2D eigenvalue weighted by Gasteiger charge is -2.30. The van der Waals surface area contributed by atoms with Gasteiger partial charge in [0.05, 0.1) is 12.0 Å². The molecule has 25 heavy (non-hydrogen) atoms. The number of benzene rings is 1. The molecule has 2 saturated heterocycles. The molecule has 3 heterocycles. The predicted octanol–water partition coefficient (Wildman–Crippen LogP) is 1.99. The smallest absolute Gasteiger partial charge is 0.228 e. The lowest BCUT2D eigenvalue weighted by Crippen LogP contribution is -2.37. The Balaban J connectivity index is 1.57. The third-order valence-electron chi connectivity index (χ3n) is 5.44.